The molecule has 0 unspecified atom stereocenters. The number of hydrogen-bond acceptors (Lipinski definition) is 5. The van der Waals surface area contributed by atoms with Gasteiger partial charge in [-0.05, 0) is 12.5 Å². The molecule has 7 nitrogen and oxygen atoms in total. The van der Waals surface area contributed by atoms with Crippen molar-refractivity contribution in [1.82, 2.24) is 9.55 Å². The van der Waals surface area contributed by atoms with Crippen LogP contribution in [0.4, 0.5) is 5.69 Å². The van der Waals surface area contributed by atoms with Crippen molar-refractivity contribution in [2.75, 3.05) is 6.26 Å². The average molecular weight is 297 g/mol. The summed E-state index contributed by atoms with van der Waals surface area (Å²) in [6.45, 7) is 2.53. The van der Waals surface area contributed by atoms with Crippen LogP contribution in [0.25, 0.3) is 11.0 Å². The summed E-state index contributed by atoms with van der Waals surface area (Å²) in [6.07, 6.45) is 2.81. The molecular formula is C12H15N3O4S. The van der Waals surface area contributed by atoms with Crippen molar-refractivity contribution in [3.8, 4) is 0 Å². The van der Waals surface area contributed by atoms with Crippen molar-refractivity contribution in [2.45, 2.75) is 31.5 Å². The van der Waals surface area contributed by atoms with Crippen LogP contribution in [0.5, 0.6) is 0 Å². The van der Waals surface area contributed by atoms with E-state index >= 15 is 0 Å². The van der Waals surface area contributed by atoms with E-state index in [-0.39, 0.29) is 10.8 Å². The van der Waals surface area contributed by atoms with Crippen LogP contribution >= 0.6 is 0 Å². The van der Waals surface area contributed by atoms with Crippen molar-refractivity contribution in [3.05, 3.63) is 28.3 Å². The molecule has 0 bridgehead atoms. The second kappa shape index (κ2) is 5.20. The standard InChI is InChI=1S/C12H15N3O4S/c1-3-4-7-14-11-6-5-9(15(16)17)8-10(11)13-12(14)20(2,18)19/h5-6,8H,3-4,7H2,1-2H3. The molecule has 0 fully saturated rings. The van der Waals surface area contributed by atoms with Crippen LogP contribution in [0.15, 0.2) is 23.4 Å². The Hall–Kier alpha value is -1.96. The topological polar surface area (TPSA) is 95.1 Å². The lowest BCUT2D eigenvalue weighted by atomic mass is 10.2. The maximum absolute atomic E-state index is 11.8. The number of nitrogens with zero attached hydrogens (tertiary/aromatic N) is 3. The monoisotopic (exact) mass is 297 g/mol. The zero-order valence-electron chi connectivity index (χ0n) is 11.2. The quantitative estimate of drug-likeness (QED) is 0.622. The van der Waals surface area contributed by atoms with Crippen molar-refractivity contribution < 1.29 is 13.3 Å². The highest BCUT2D eigenvalue weighted by atomic mass is 32.2. The first-order valence-electron chi connectivity index (χ1n) is 6.19. The Morgan fingerprint density at radius 1 is 1.40 bits per heavy atom. The third-order valence-electron chi connectivity index (χ3n) is 2.97. The average Bonchev–Trinajstić information content (AvgIpc) is 2.73. The van der Waals surface area contributed by atoms with Gasteiger partial charge in [-0.3, -0.25) is 10.1 Å². The van der Waals surface area contributed by atoms with Gasteiger partial charge in [0.15, 0.2) is 0 Å². The van der Waals surface area contributed by atoms with Gasteiger partial charge in [-0.15, -0.1) is 0 Å². The van der Waals surface area contributed by atoms with E-state index in [1.807, 2.05) is 6.92 Å². The lowest BCUT2D eigenvalue weighted by Crippen LogP contribution is -2.09. The number of unbranched alkanes of at least 4 members (excludes halogenated alkanes) is 1. The van der Waals surface area contributed by atoms with Gasteiger partial charge in [0, 0.05) is 24.9 Å². The Balaban J connectivity index is 2.68. The number of rotatable bonds is 5. The van der Waals surface area contributed by atoms with E-state index in [4.69, 9.17) is 0 Å². The van der Waals surface area contributed by atoms with E-state index in [1.165, 1.54) is 12.1 Å². The number of nitro benzene ring substituents is 1. The van der Waals surface area contributed by atoms with E-state index in [2.05, 4.69) is 4.98 Å². The van der Waals surface area contributed by atoms with Crippen LogP contribution < -0.4 is 0 Å². The third kappa shape index (κ3) is 2.64. The third-order valence-corrected chi connectivity index (χ3v) is 3.95. The Bertz CT molecular complexity index is 764. The van der Waals surface area contributed by atoms with Crippen molar-refractivity contribution >= 4 is 26.6 Å². The molecule has 0 radical (unpaired) electrons. The molecule has 0 saturated carbocycles. The minimum atomic E-state index is -3.48. The number of benzene rings is 1. The van der Waals surface area contributed by atoms with Crippen LogP contribution in [0, 0.1) is 10.1 Å². The molecule has 0 saturated heterocycles. The lowest BCUT2D eigenvalue weighted by molar-refractivity contribution is -0.384. The van der Waals surface area contributed by atoms with Crippen LogP contribution in [0.2, 0.25) is 0 Å². The molecule has 2 rings (SSSR count). The second-order valence-electron chi connectivity index (χ2n) is 4.60. The highest BCUT2D eigenvalue weighted by molar-refractivity contribution is 7.90. The SMILES string of the molecule is CCCCn1c(S(C)(=O)=O)nc2cc([N+](=O)[O-])ccc21. The molecule has 2 aromatic rings. The second-order valence-corrected chi connectivity index (χ2v) is 6.51. The Labute approximate surface area is 116 Å². The summed E-state index contributed by atoms with van der Waals surface area (Å²) >= 11 is 0. The fraction of sp³-hybridized carbons (Fsp3) is 0.417. The minimum absolute atomic E-state index is 0.0403. The number of hydrogen-bond donors (Lipinski definition) is 0. The number of nitro groups is 1. The summed E-state index contributed by atoms with van der Waals surface area (Å²) < 4.78 is 25.2. The zero-order chi connectivity index (χ0) is 14.9. The van der Waals surface area contributed by atoms with E-state index in [1.54, 1.807) is 10.6 Å². The van der Waals surface area contributed by atoms with E-state index in [0.29, 0.717) is 17.6 Å². The smallest absolute Gasteiger partial charge is 0.271 e. The molecule has 1 aromatic heterocycles. The predicted molar refractivity (Wildman–Crippen MR) is 74.4 cm³/mol. The fourth-order valence-electron chi connectivity index (χ4n) is 2.03. The van der Waals surface area contributed by atoms with E-state index in [9.17, 15) is 18.5 Å². The van der Waals surface area contributed by atoms with Crippen LogP contribution in [-0.2, 0) is 16.4 Å². The van der Waals surface area contributed by atoms with Gasteiger partial charge in [-0.25, -0.2) is 13.4 Å². The summed E-state index contributed by atoms with van der Waals surface area (Å²) in [4.78, 5) is 14.3. The van der Waals surface area contributed by atoms with Crippen molar-refractivity contribution in [2.24, 2.45) is 0 Å². The first-order chi connectivity index (χ1) is 9.34. The maximum Gasteiger partial charge on any atom is 0.271 e. The van der Waals surface area contributed by atoms with Gasteiger partial charge in [-0.2, -0.15) is 0 Å². The molecule has 8 heteroatoms. The highest BCUT2D eigenvalue weighted by Crippen LogP contribution is 2.24. The van der Waals surface area contributed by atoms with Crippen molar-refractivity contribution in [3.63, 3.8) is 0 Å². The Kier molecular flexibility index (Phi) is 3.76. The Morgan fingerprint density at radius 3 is 2.65 bits per heavy atom. The number of aromatic nitrogens is 2. The summed E-state index contributed by atoms with van der Waals surface area (Å²) in [7, 11) is -3.48. The van der Waals surface area contributed by atoms with Gasteiger partial charge >= 0.3 is 0 Å². The lowest BCUT2D eigenvalue weighted by Gasteiger charge is -2.06. The van der Waals surface area contributed by atoms with Crippen LogP contribution in [-0.4, -0.2) is 29.1 Å². The predicted octanol–water partition coefficient (Wildman–Crippen LogP) is 2.15. The summed E-state index contributed by atoms with van der Waals surface area (Å²) in [5.41, 5.74) is 0.831. The maximum atomic E-state index is 11.8. The van der Waals surface area contributed by atoms with Crippen LogP contribution in [0.3, 0.4) is 0 Å². The molecule has 0 aliphatic heterocycles. The van der Waals surface area contributed by atoms with E-state index < -0.39 is 14.8 Å². The molecule has 0 aliphatic carbocycles. The van der Waals surface area contributed by atoms with Crippen molar-refractivity contribution in [1.29, 1.82) is 0 Å². The van der Waals surface area contributed by atoms with Gasteiger partial charge in [0.05, 0.1) is 16.0 Å². The molecule has 1 aromatic carbocycles. The van der Waals surface area contributed by atoms with Crippen LogP contribution in [0.1, 0.15) is 19.8 Å². The molecule has 20 heavy (non-hydrogen) atoms. The number of sulfone groups is 1. The summed E-state index contributed by atoms with van der Waals surface area (Å²) in [5, 5.41) is 10.7. The summed E-state index contributed by atoms with van der Waals surface area (Å²) in [6, 6.07) is 4.20. The van der Waals surface area contributed by atoms with Gasteiger partial charge < -0.3 is 4.57 Å². The molecule has 0 N–H and O–H groups in total. The largest absolute Gasteiger partial charge is 0.315 e. The molecule has 0 amide bonds. The molecule has 0 aliphatic rings. The normalized spacial score (nSPS) is 11.9. The zero-order valence-corrected chi connectivity index (χ0v) is 12.1. The first kappa shape index (κ1) is 14.4. The minimum Gasteiger partial charge on any atom is -0.315 e. The first-order valence-corrected chi connectivity index (χ1v) is 8.08. The van der Waals surface area contributed by atoms with Gasteiger partial charge in [0.1, 0.15) is 0 Å². The van der Waals surface area contributed by atoms with E-state index in [0.717, 1.165) is 19.1 Å². The summed E-state index contributed by atoms with van der Waals surface area (Å²) in [5.74, 6) is 0. The van der Waals surface area contributed by atoms with Gasteiger partial charge in [0.2, 0.25) is 15.0 Å². The fourth-order valence-corrected chi connectivity index (χ4v) is 2.88. The van der Waals surface area contributed by atoms with Gasteiger partial charge in [0.25, 0.3) is 5.69 Å². The molecule has 0 atom stereocenters. The molecule has 108 valence electrons. The molecule has 0 spiro atoms. The number of aryl methyl sites for hydroxylation is 1. The molecule has 1 heterocycles. The highest BCUT2D eigenvalue weighted by Gasteiger charge is 2.20. The molecular weight excluding hydrogens is 282 g/mol. The Morgan fingerprint density at radius 2 is 2.10 bits per heavy atom. The number of imidazole rings is 1. The number of fused-ring (bicyclic) bond motifs is 1. The van der Waals surface area contributed by atoms with Gasteiger partial charge in [-0.1, -0.05) is 13.3 Å². The number of non-ortho nitro benzene ring substituents is 1.